The van der Waals surface area contributed by atoms with Crippen molar-refractivity contribution in [3.05, 3.63) is 59.4 Å². The van der Waals surface area contributed by atoms with Gasteiger partial charge in [-0.15, -0.1) is 0 Å². The Morgan fingerprint density at radius 3 is 2.10 bits per heavy atom. The molecule has 2 aliphatic rings. The van der Waals surface area contributed by atoms with Gasteiger partial charge < -0.3 is 4.74 Å². The molecule has 0 radical (unpaired) electrons. The van der Waals surface area contributed by atoms with Crippen LogP contribution in [0.2, 0.25) is 0 Å². The van der Waals surface area contributed by atoms with Crippen molar-refractivity contribution >= 4 is 20.0 Å². The molecule has 10 heteroatoms. The average molecular weight is 469 g/mol. The van der Waals surface area contributed by atoms with E-state index in [0.717, 1.165) is 11.6 Å². The monoisotopic (exact) mass is 468 g/mol. The Morgan fingerprint density at radius 2 is 1.48 bits per heavy atom. The molecular weight excluding hydrogens is 443 g/mol. The van der Waals surface area contributed by atoms with Crippen molar-refractivity contribution in [2.75, 3.05) is 26.2 Å². The van der Waals surface area contributed by atoms with Gasteiger partial charge in [-0.3, -0.25) is 0 Å². The Balaban J connectivity index is 1.56. The predicted molar refractivity (Wildman–Crippen MR) is 113 cm³/mol. The smallest absolute Gasteiger partial charge is 0.245 e. The van der Waals surface area contributed by atoms with Crippen LogP contribution >= 0.6 is 0 Å². The summed E-state index contributed by atoms with van der Waals surface area (Å²) in [5.74, 6) is -0.465. The maximum absolute atomic E-state index is 13.6. The highest BCUT2D eigenvalue weighted by atomic mass is 32.2. The molecule has 0 atom stereocenters. The highest BCUT2D eigenvalue weighted by molar-refractivity contribution is 7.89. The van der Waals surface area contributed by atoms with Crippen LogP contribution in [0.3, 0.4) is 0 Å². The number of hydrogen-bond acceptors (Lipinski definition) is 5. The fraction of sp³-hybridized carbons (Fsp3) is 0.429. The van der Waals surface area contributed by atoms with E-state index < -0.39 is 31.6 Å². The minimum Gasteiger partial charge on any atom is -0.358 e. The molecule has 0 amide bonds. The van der Waals surface area contributed by atoms with Gasteiger partial charge in [-0.25, -0.2) is 21.2 Å². The Kier molecular flexibility index (Phi) is 5.72. The van der Waals surface area contributed by atoms with Crippen molar-refractivity contribution in [1.82, 2.24) is 8.61 Å². The van der Waals surface area contributed by atoms with Crippen LogP contribution in [0.4, 0.5) is 4.39 Å². The van der Waals surface area contributed by atoms with E-state index in [1.54, 1.807) is 24.3 Å². The highest BCUT2D eigenvalue weighted by Gasteiger charge is 2.51. The van der Waals surface area contributed by atoms with E-state index in [9.17, 15) is 21.2 Å². The molecule has 0 aromatic heterocycles. The molecule has 2 aromatic rings. The summed E-state index contributed by atoms with van der Waals surface area (Å²) in [6.07, 6.45) is 0.439. The summed E-state index contributed by atoms with van der Waals surface area (Å²) in [4.78, 5) is 0.221. The van der Waals surface area contributed by atoms with Gasteiger partial charge in [-0.1, -0.05) is 17.7 Å². The molecule has 1 spiro atoms. The molecule has 168 valence electrons. The van der Waals surface area contributed by atoms with Crippen molar-refractivity contribution in [3.63, 3.8) is 0 Å². The molecule has 2 aromatic carbocycles. The van der Waals surface area contributed by atoms with Gasteiger partial charge in [-0.2, -0.15) is 8.61 Å². The third-order valence-electron chi connectivity index (χ3n) is 6.00. The minimum atomic E-state index is -3.81. The van der Waals surface area contributed by atoms with Crippen LogP contribution in [0.1, 0.15) is 24.0 Å². The molecule has 0 bridgehead atoms. The van der Waals surface area contributed by atoms with E-state index in [0.29, 0.717) is 0 Å². The van der Waals surface area contributed by atoms with Crippen LogP contribution in [0.5, 0.6) is 0 Å². The van der Waals surface area contributed by atoms with Crippen molar-refractivity contribution < 1.29 is 26.0 Å². The summed E-state index contributed by atoms with van der Waals surface area (Å²) in [7, 11) is -7.59. The van der Waals surface area contributed by atoms with Gasteiger partial charge in [-0.05, 0) is 49.7 Å². The Morgan fingerprint density at radius 1 is 0.871 bits per heavy atom. The van der Waals surface area contributed by atoms with Gasteiger partial charge in [0.25, 0.3) is 0 Å². The third-order valence-corrected chi connectivity index (χ3v) is 9.86. The maximum Gasteiger partial charge on any atom is 0.245 e. The van der Waals surface area contributed by atoms with E-state index in [4.69, 9.17) is 4.74 Å². The second-order valence-corrected chi connectivity index (χ2v) is 11.8. The van der Waals surface area contributed by atoms with Gasteiger partial charge in [0.2, 0.25) is 20.0 Å². The van der Waals surface area contributed by atoms with E-state index in [1.807, 2.05) is 6.92 Å². The van der Waals surface area contributed by atoms with E-state index in [-0.39, 0.29) is 54.4 Å². The van der Waals surface area contributed by atoms with Crippen LogP contribution in [0.15, 0.2) is 52.3 Å². The zero-order valence-corrected chi connectivity index (χ0v) is 19.0. The Labute approximate surface area is 182 Å². The number of rotatable bonds is 4. The first-order valence-electron chi connectivity index (χ1n) is 10.1. The number of benzene rings is 2. The maximum atomic E-state index is 13.6. The third kappa shape index (κ3) is 3.91. The molecule has 0 N–H and O–H groups in total. The van der Waals surface area contributed by atoms with Crippen LogP contribution in [-0.2, 0) is 24.8 Å². The second-order valence-electron chi connectivity index (χ2n) is 8.00. The zero-order valence-electron chi connectivity index (χ0n) is 17.4. The van der Waals surface area contributed by atoms with Gasteiger partial charge in [0.1, 0.15) is 11.5 Å². The Hall–Kier alpha value is -1.85. The van der Waals surface area contributed by atoms with E-state index in [1.165, 1.54) is 27.7 Å². The van der Waals surface area contributed by atoms with Crippen LogP contribution < -0.4 is 0 Å². The van der Waals surface area contributed by atoms with Gasteiger partial charge in [0.05, 0.1) is 16.4 Å². The molecule has 4 rings (SSSR count). The summed E-state index contributed by atoms with van der Waals surface area (Å²) >= 11 is 0. The standard InChI is InChI=1S/C21H25FN2O5S2/c1-16-3-5-18(6-4-16)31(27,28)24-13-14-29-21(24)9-11-23(12-10-21)30(25,26)19-7-8-20(22)17(2)15-19/h3-8,15H,9-14H2,1-2H3. The molecule has 2 fully saturated rings. The predicted octanol–water partition coefficient (Wildman–Crippen LogP) is 2.64. The van der Waals surface area contributed by atoms with Crippen molar-refractivity contribution in [3.8, 4) is 0 Å². The number of piperidine rings is 1. The first-order valence-corrected chi connectivity index (χ1v) is 12.9. The lowest BCUT2D eigenvalue weighted by Gasteiger charge is -2.42. The Bertz CT molecular complexity index is 1190. The molecule has 7 nitrogen and oxygen atoms in total. The molecule has 0 unspecified atom stereocenters. The van der Waals surface area contributed by atoms with Crippen LogP contribution in [0.25, 0.3) is 0 Å². The lowest BCUT2D eigenvalue weighted by Crippen LogP contribution is -2.55. The summed E-state index contributed by atoms with van der Waals surface area (Å²) in [5.41, 5.74) is 0.152. The SMILES string of the molecule is Cc1ccc(S(=O)(=O)N2CCOC23CCN(S(=O)(=O)c2ccc(F)c(C)c2)CC3)cc1. The second kappa shape index (κ2) is 7.93. The van der Waals surface area contributed by atoms with Gasteiger partial charge >= 0.3 is 0 Å². The van der Waals surface area contributed by atoms with Crippen molar-refractivity contribution in [2.45, 2.75) is 42.2 Å². The molecule has 2 heterocycles. The first-order chi connectivity index (χ1) is 14.6. The molecular formula is C21H25FN2O5S2. The average Bonchev–Trinajstić information content (AvgIpc) is 3.14. The zero-order chi connectivity index (χ0) is 22.4. The molecule has 0 aliphatic carbocycles. The number of halogens is 1. The van der Waals surface area contributed by atoms with Crippen LogP contribution in [0, 0.1) is 19.7 Å². The van der Waals surface area contributed by atoms with Crippen molar-refractivity contribution in [2.24, 2.45) is 0 Å². The first kappa shape index (κ1) is 22.3. The van der Waals surface area contributed by atoms with Gasteiger partial charge in [0, 0.05) is 32.5 Å². The number of nitrogens with zero attached hydrogens (tertiary/aromatic N) is 2. The lowest BCUT2D eigenvalue weighted by molar-refractivity contribution is -0.0806. The molecule has 0 saturated carbocycles. The minimum absolute atomic E-state index is 0.0267. The topological polar surface area (TPSA) is 84.0 Å². The normalized spacial score (nSPS) is 20.4. The van der Waals surface area contributed by atoms with Crippen molar-refractivity contribution in [1.29, 1.82) is 0 Å². The highest BCUT2D eigenvalue weighted by Crippen LogP contribution is 2.39. The fourth-order valence-corrected chi connectivity index (χ4v) is 7.42. The van der Waals surface area contributed by atoms with Gasteiger partial charge in [0.15, 0.2) is 0 Å². The number of aryl methyl sites for hydroxylation is 2. The quantitative estimate of drug-likeness (QED) is 0.689. The van der Waals surface area contributed by atoms with E-state index in [2.05, 4.69) is 0 Å². The number of sulfonamides is 2. The number of hydrogen-bond donors (Lipinski definition) is 0. The fourth-order valence-electron chi connectivity index (χ4n) is 4.17. The summed E-state index contributed by atoms with van der Waals surface area (Å²) in [5, 5.41) is 0. The molecule has 2 saturated heterocycles. The van der Waals surface area contributed by atoms with E-state index >= 15 is 0 Å². The molecule has 2 aliphatic heterocycles. The molecule has 31 heavy (non-hydrogen) atoms. The van der Waals surface area contributed by atoms with Crippen LogP contribution in [-0.4, -0.2) is 57.4 Å². The summed E-state index contributed by atoms with van der Waals surface area (Å²) in [6.45, 7) is 4.10. The summed E-state index contributed by atoms with van der Waals surface area (Å²) in [6, 6.07) is 10.4. The summed E-state index contributed by atoms with van der Waals surface area (Å²) < 4.78 is 74.7. The lowest BCUT2D eigenvalue weighted by atomic mass is 10.0. The number of ether oxygens (including phenoxy) is 1. The largest absolute Gasteiger partial charge is 0.358 e.